The monoisotopic (exact) mass is 423 g/mol. The van der Waals surface area contributed by atoms with Crippen molar-refractivity contribution in [3.05, 3.63) is 76.6 Å². The Balaban J connectivity index is 1.88. The van der Waals surface area contributed by atoms with E-state index in [0.29, 0.717) is 27.5 Å². The molecule has 0 bridgehead atoms. The van der Waals surface area contributed by atoms with Crippen molar-refractivity contribution in [2.24, 2.45) is 0 Å². The Labute approximate surface area is 179 Å². The van der Waals surface area contributed by atoms with Gasteiger partial charge in [-0.3, -0.25) is 9.59 Å². The third-order valence-corrected chi connectivity index (χ3v) is 5.18. The molecule has 8 heteroatoms. The summed E-state index contributed by atoms with van der Waals surface area (Å²) in [6.45, 7) is 5.85. The zero-order valence-electron chi connectivity index (χ0n) is 17.0. The van der Waals surface area contributed by atoms with E-state index < -0.39 is 11.6 Å². The molecule has 0 saturated carbocycles. The Morgan fingerprint density at radius 2 is 1.83 bits per heavy atom. The van der Waals surface area contributed by atoms with Crippen molar-refractivity contribution in [3.63, 3.8) is 0 Å². The smallest absolute Gasteiger partial charge is 0.257 e. The van der Waals surface area contributed by atoms with Crippen molar-refractivity contribution in [1.82, 2.24) is 25.2 Å². The number of amides is 2. The molecule has 0 spiro atoms. The topological polar surface area (TPSA) is 80.1 Å². The number of nitrogens with one attached hydrogen (secondary N) is 1. The first kappa shape index (κ1) is 20.1. The number of nitrogens with zero attached hydrogens (tertiary/aromatic N) is 4. The number of hydrogen-bond donors (Lipinski definition) is 1. The first-order chi connectivity index (χ1) is 14.3. The van der Waals surface area contributed by atoms with Crippen LogP contribution in [0, 0.1) is 0 Å². The van der Waals surface area contributed by atoms with Crippen LogP contribution in [0.15, 0.2) is 54.7 Å². The van der Waals surface area contributed by atoms with Gasteiger partial charge in [0.15, 0.2) is 0 Å². The Hall–Kier alpha value is -3.19. The molecule has 0 aliphatic carbocycles. The SMILES string of the molecule is CC(C)(C)NC(=O)C(c1ccccc1Cl)N1Cc2cnnn2-c2ccccc2C1=O. The number of fused-ring (bicyclic) bond motifs is 3. The highest BCUT2D eigenvalue weighted by atomic mass is 35.5. The van der Waals surface area contributed by atoms with Gasteiger partial charge in [0.05, 0.1) is 29.7 Å². The van der Waals surface area contributed by atoms with Crippen LogP contribution in [0.25, 0.3) is 5.69 Å². The molecule has 7 nitrogen and oxygen atoms in total. The first-order valence-corrected chi connectivity index (χ1v) is 10.0. The maximum atomic E-state index is 13.6. The summed E-state index contributed by atoms with van der Waals surface area (Å²) in [7, 11) is 0. The van der Waals surface area contributed by atoms with Gasteiger partial charge in [0.1, 0.15) is 6.04 Å². The molecule has 1 atom stereocenters. The summed E-state index contributed by atoms with van der Waals surface area (Å²) in [6, 6.07) is 13.3. The van der Waals surface area contributed by atoms with Gasteiger partial charge in [-0.2, -0.15) is 0 Å². The van der Waals surface area contributed by atoms with Crippen LogP contribution in [-0.4, -0.2) is 37.2 Å². The fourth-order valence-electron chi connectivity index (χ4n) is 3.60. The van der Waals surface area contributed by atoms with Crippen LogP contribution in [0.4, 0.5) is 0 Å². The van der Waals surface area contributed by atoms with Crippen molar-refractivity contribution >= 4 is 23.4 Å². The minimum Gasteiger partial charge on any atom is -0.349 e. The summed E-state index contributed by atoms with van der Waals surface area (Å²) < 4.78 is 1.64. The number of benzene rings is 2. The first-order valence-electron chi connectivity index (χ1n) is 9.62. The maximum Gasteiger partial charge on any atom is 0.257 e. The largest absolute Gasteiger partial charge is 0.349 e. The molecule has 1 unspecified atom stereocenters. The van der Waals surface area contributed by atoms with Gasteiger partial charge in [-0.05, 0) is 39.0 Å². The van der Waals surface area contributed by atoms with E-state index in [4.69, 9.17) is 11.6 Å². The Bertz CT molecular complexity index is 1120. The quantitative estimate of drug-likeness (QED) is 0.698. The molecular weight excluding hydrogens is 402 g/mol. The molecule has 0 fully saturated rings. The number of carbonyl (C=O) groups excluding carboxylic acids is 2. The molecule has 0 saturated heterocycles. The van der Waals surface area contributed by atoms with Crippen molar-refractivity contribution in [3.8, 4) is 5.69 Å². The Kier molecular flexibility index (Phi) is 5.07. The summed E-state index contributed by atoms with van der Waals surface area (Å²) in [5, 5.41) is 11.6. The van der Waals surface area contributed by atoms with Gasteiger partial charge in [-0.1, -0.05) is 47.1 Å². The van der Waals surface area contributed by atoms with E-state index in [0.717, 1.165) is 0 Å². The van der Waals surface area contributed by atoms with E-state index in [9.17, 15) is 9.59 Å². The molecule has 1 N–H and O–H groups in total. The fraction of sp³-hybridized carbons (Fsp3) is 0.273. The lowest BCUT2D eigenvalue weighted by Gasteiger charge is -2.33. The zero-order valence-corrected chi connectivity index (χ0v) is 17.7. The van der Waals surface area contributed by atoms with Crippen LogP contribution in [-0.2, 0) is 11.3 Å². The summed E-state index contributed by atoms with van der Waals surface area (Å²) in [5.74, 6) is -0.576. The number of para-hydroxylation sites is 1. The normalized spacial score (nSPS) is 14.5. The van der Waals surface area contributed by atoms with Gasteiger partial charge in [-0.15, -0.1) is 5.10 Å². The third kappa shape index (κ3) is 3.68. The number of rotatable bonds is 3. The lowest BCUT2D eigenvalue weighted by Crippen LogP contribution is -2.49. The van der Waals surface area contributed by atoms with Crippen LogP contribution in [0.5, 0.6) is 0 Å². The maximum absolute atomic E-state index is 13.6. The fourth-order valence-corrected chi connectivity index (χ4v) is 3.84. The average molecular weight is 424 g/mol. The highest BCUT2D eigenvalue weighted by molar-refractivity contribution is 6.31. The van der Waals surface area contributed by atoms with E-state index in [1.165, 1.54) is 4.90 Å². The van der Waals surface area contributed by atoms with Crippen molar-refractivity contribution in [2.75, 3.05) is 0 Å². The van der Waals surface area contributed by atoms with E-state index >= 15 is 0 Å². The van der Waals surface area contributed by atoms with Crippen LogP contribution < -0.4 is 5.32 Å². The standard InChI is InChI=1S/C22H22ClN5O2/c1-22(2,3)25-20(29)19(15-8-4-6-10-17(15)23)27-13-14-12-24-26-28(14)18-11-7-5-9-16(18)21(27)30/h4-12,19H,13H2,1-3H3,(H,25,29). The number of carbonyl (C=O) groups is 2. The molecule has 1 aromatic heterocycles. The highest BCUT2D eigenvalue weighted by Crippen LogP contribution is 2.33. The zero-order chi connectivity index (χ0) is 21.5. The predicted molar refractivity (Wildman–Crippen MR) is 113 cm³/mol. The van der Waals surface area contributed by atoms with Gasteiger partial charge in [-0.25, -0.2) is 4.68 Å². The number of aromatic nitrogens is 3. The molecule has 4 rings (SSSR count). The van der Waals surface area contributed by atoms with E-state index in [-0.39, 0.29) is 18.4 Å². The summed E-state index contributed by atoms with van der Waals surface area (Å²) in [6.07, 6.45) is 1.60. The van der Waals surface area contributed by atoms with Crippen LogP contribution in [0.3, 0.4) is 0 Å². The van der Waals surface area contributed by atoms with E-state index in [1.807, 2.05) is 32.9 Å². The summed E-state index contributed by atoms with van der Waals surface area (Å²) in [5.41, 5.74) is 1.86. The number of halogens is 1. The van der Waals surface area contributed by atoms with Gasteiger partial charge in [0.25, 0.3) is 5.91 Å². The molecule has 2 aromatic carbocycles. The molecule has 154 valence electrons. The van der Waals surface area contributed by atoms with Crippen LogP contribution in [0.2, 0.25) is 5.02 Å². The lowest BCUT2D eigenvalue weighted by molar-refractivity contribution is -0.127. The summed E-state index contributed by atoms with van der Waals surface area (Å²) >= 11 is 6.47. The van der Waals surface area contributed by atoms with Crippen molar-refractivity contribution in [1.29, 1.82) is 0 Å². The highest BCUT2D eigenvalue weighted by Gasteiger charge is 2.38. The number of hydrogen-bond acceptors (Lipinski definition) is 4. The second-order valence-corrected chi connectivity index (χ2v) is 8.66. The molecule has 3 aromatic rings. The third-order valence-electron chi connectivity index (χ3n) is 4.83. The minimum atomic E-state index is -0.917. The predicted octanol–water partition coefficient (Wildman–Crippen LogP) is 3.53. The van der Waals surface area contributed by atoms with Gasteiger partial charge >= 0.3 is 0 Å². The Morgan fingerprint density at radius 3 is 2.57 bits per heavy atom. The van der Waals surface area contributed by atoms with Crippen molar-refractivity contribution in [2.45, 2.75) is 38.9 Å². The van der Waals surface area contributed by atoms with Gasteiger partial charge in [0, 0.05) is 16.1 Å². The second-order valence-electron chi connectivity index (χ2n) is 8.25. The molecule has 1 aliphatic heterocycles. The molecule has 2 amide bonds. The van der Waals surface area contributed by atoms with E-state index in [2.05, 4.69) is 15.6 Å². The van der Waals surface area contributed by atoms with Crippen LogP contribution >= 0.6 is 11.6 Å². The van der Waals surface area contributed by atoms with Gasteiger partial charge < -0.3 is 10.2 Å². The average Bonchev–Trinajstić information content (AvgIpc) is 3.11. The Morgan fingerprint density at radius 1 is 1.13 bits per heavy atom. The van der Waals surface area contributed by atoms with Crippen molar-refractivity contribution < 1.29 is 9.59 Å². The molecule has 2 heterocycles. The summed E-state index contributed by atoms with van der Waals surface area (Å²) in [4.78, 5) is 28.6. The van der Waals surface area contributed by atoms with Gasteiger partial charge in [0.2, 0.25) is 5.91 Å². The van der Waals surface area contributed by atoms with Crippen LogP contribution in [0.1, 0.15) is 48.4 Å². The van der Waals surface area contributed by atoms with E-state index in [1.54, 1.807) is 47.3 Å². The lowest BCUT2D eigenvalue weighted by atomic mass is 10.0. The second kappa shape index (κ2) is 7.57. The molecular formula is C22H22ClN5O2. The molecule has 0 radical (unpaired) electrons. The molecule has 1 aliphatic rings. The minimum absolute atomic E-state index is 0.161. The molecule has 30 heavy (non-hydrogen) atoms.